The molecule has 1 saturated carbocycles. The molecule has 0 aliphatic heterocycles. The monoisotopic (exact) mass is 467 g/mol. The fourth-order valence-corrected chi connectivity index (χ4v) is 4.83. The van der Waals surface area contributed by atoms with Crippen LogP contribution in [0.5, 0.6) is 0 Å². The summed E-state index contributed by atoms with van der Waals surface area (Å²) in [5.41, 5.74) is 0.550. The molecule has 8 nitrogen and oxygen atoms in total. The first-order chi connectivity index (χ1) is 14.3. The lowest BCUT2D eigenvalue weighted by molar-refractivity contribution is 0.0929. The second-order valence-corrected chi connectivity index (χ2v) is 9.63. The number of carbonyl (C=O) groups is 1. The molecule has 4 rings (SSSR count). The molecule has 0 spiro atoms. The number of rotatable bonds is 5. The number of nitrogens with one attached hydrogen (secondary N) is 2. The molecule has 30 heavy (non-hydrogen) atoms. The molecule has 0 bridgehead atoms. The molecule has 0 atom stereocenters. The first-order valence-corrected chi connectivity index (χ1v) is 11.7. The maximum atomic E-state index is 12.7. The second kappa shape index (κ2) is 8.41. The van der Waals surface area contributed by atoms with Crippen molar-refractivity contribution in [3.05, 3.63) is 52.3 Å². The Morgan fingerprint density at radius 3 is 2.60 bits per heavy atom. The van der Waals surface area contributed by atoms with Gasteiger partial charge in [-0.3, -0.25) is 9.52 Å². The maximum Gasteiger partial charge on any atom is 0.263 e. The van der Waals surface area contributed by atoms with Crippen molar-refractivity contribution in [2.45, 2.75) is 43.0 Å². The molecule has 0 unspecified atom stereocenters. The average molecular weight is 468 g/mol. The van der Waals surface area contributed by atoms with Crippen LogP contribution in [0.3, 0.4) is 0 Å². The molecule has 0 radical (unpaired) electrons. The minimum absolute atomic E-state index is 0.0534. The summed E-state index contributed by atoms with van der Waals surface area (Å²) in [6.07, 6.45) is 8.24. The maximum absolute atomic E-state index is 12.7. The number of sulfonamides is 1. The SMILES string of the molecule is O=C(NC1CCCCC1)c1cnn2ccc(NS(=O)(=O)c3ccc(Cl)c(Cl)c3)nc12. The van der Waals surface area contributed by atoms with Gasteiger partial charge in [0, 0.05) is 12.2 Å². The van der Waals surface area contributed by atoms with Crippen molar-refractivity contribution in [2.75, 3.05) is 4.72 Å². The van der Waals surface area contributed by atoms with Crippen molar-refractivity contribution in [1.82, 2.24) is 19.9 Å². The van der Waals surface area contributed by atoms with Crippen LogP contribution in [0.1, 0.15) is 42.5 Å². The fourth-order valence-electron chi connectivity index (χ4n) is 3.44. The summed E-state index contributed by atoms with van der Waals surface area (Å²) in [5.74, 6) is -0.213. The summed E-state index contributed by atoms with van der Waals surface area (Å²) < 4.78 is 29.2. The number of carbonyl (C=O) groups excluding carboxylic acids is 1. The number of benzene rings is 1. The van der Waals surface area contributed by atoms with Crippen molar-refractivity contribution in [3.8, 4) is 0 Å². The number of hydrogen-bond acceptors (Lipinski definition) is 5. The van der Waals surface area contributed by atoms with E-state index in [2.05, 4.69) is 20.1 Å². The van der Waals surface area contributed by atoms with E-state index in [-0.39, 0.29) is 43.9 Å². The highest BCUT2D eigenvalue weighted by Crippen LogP contribution is 2.26. The number of hydrogen-bond donors (Lipinski definition) is 2. The van der Waals surface area contributed by atoms with Crippen molar-refractivity contribution in [1.29, 1.82) is 0 Å². The number of amides is 1. The van der Waals surface area contributed by atoms with Crippen LogP contribution in [0, 0.1) is 0 Å². The Balaban J connectivity index is 1.59. The highest BCUT2D eigenvalue weighted by molar-refractivity contribution is 7.92. The summed E-state index contributed by atoms with van der Waals surface area (Å²) in [4.78, 5) is 16.9. The third-order valence-electron chi connectivity index (χ3n) is 4.99. The van der Waals surface area contributed by atoms with Gasteiger partial charge in [0.05, 0.1) is 21.1 Å². The van der Waals surface area contributed by atoms with E-state index in [1.54, 1.807) is 0 Å². The van der Waals surface area contributed by atoms with Gasteiger partial charge in [-0.2, -0.15) is 5.10 Å². The Hall–Kier alpha value is -2.36. The molecule has 2 heterocycles. The summed E-state index contributed by atoms with van der Waals surface area (Å²) >= 11 is 11.8. The molecular weight excluding hydrogens is 449 g/mol. The van der Waals surface area contributed by atoms with Crippen LogP contribution in [0.2, 0.25) is 10.0 Å². The smallest absolute Gasteiger partial charge is 0.263 e. The van der Waals surface area contributed by atoms with E-state index in [0.29, 0.717) is 0 Å². The third-order valence-corrected chi connectivity index (χ3v) is 7.09. The van der Waals surface area contributed by atoms with E-state index in [1.807, 2.05) is 0 Å². The Labute approximate surface area is 183 Å². The molecule has 1 aromatic carbocycles. The Kier molecular flexibility index (Phi) is 5.86. The molecule has 2 N–H and O–H groups in total. The van der Waals surface area contributed by atoms with Gasteiger partial charge in [-0.1, -0.05) is 42.5 Å². The topological polar surface area (TPSA) is 105 Å². The van der Waals surface area contributed by atoms with Crippen LogP contribution in [-0.2, 0) is 10.0 Å². The van der Waals surface area contributed by atoms with Gasteiger partial charge in [-0.15, -0.1) is 0 Å². The highest BCUT2D eigenvalue weighted by Gasteiger charge is 2.21. The van der Waals surface area contributed by atoms with Gasteiger partial charge < -0.3 is 5.32 Å². The van der Waals surface area contributed by atoms with Crippen molar-refractivity contribution in [2.24, 2.45) is 0 Å². The van der Waals surface area contributed by atoms with Crippen LogP contribution in [-0.4, -0.2) is 35.0 Å². The molecule has 1 aliphatic rings. The van der Waals surface area contributed by atoms with Gasteiger partial charge in [0.1, 0.15) is 11.4 Å². The van der Waals surface area contributed by atoms with Gasteiger partial charge in [-0.05, 0) is 37.1 Å². The van der Waals surface area contributed by atoms with Gasteiger partial charge in [0.2, 0.25) is 0 Å². The molecule has 3 aromatic rings. The lowest BCUT2D eigenvalue weighted by Gasteiger charge is -2.22. The van der Waals surface area contributed by atoms with Crippen LogP contribution in [0.15, 0.2) is 41.6 Å². The molecule has 2 aromatic heterocycles. The molecule has 0 saturated heterocycles. The minimum atomic E-state index is -3.95. The van der Waals surface area contributed by atoms with Crippen molar-refractivity contribution < 1.29 is 13.2 Å². The van der Waals surface area contributed by atoms with E-state index in [0.717, 1.165) is 25.7 Å². The van der Waals surface area contributed by atoms with Crippen LogP contribution in [0.4, 0.5) is 5.82 Å². The van der Waals surface area contributed by atoms with E-state index in [9.17, 15) is 13.2 Å². The lowest BCUT2D eigenvalue weighted by Crippen LogP contribution is -2.36. The zero-order valence-corrected chi connectivity index (χ0v) is 18.1. The molecule has 11 heteroatoms. The van der Waals surface area contributed by atoms with E-state index in [4.69, 9.17) is 23.2 Å². The normalized spacial score (nSPS) is 15.3. The third kappa shape index (κ3) is 4.38. The number of fused-ring (bicyclic) bond motifs is 1. The summed E-state index contributed by atoms with van der Waals surface area (Å²) in [5, 5.41) is 7.53. The van der Waals surface area contributed by atoms with Gasteiger partial charge in [-0.25, -0.2) is 17.9 Å². The van der Waals surface area contributed by atoms with Gasteiger partial charge >= 0.3 is 0 Å². The fraction of sp³-hybridized carbons (Fsp3) is 0.316. The van der Waals surface area contributed by atoms with E-state index >= 15 is 0 Å². The summed E-state index contributed by atoms with van der Waals surface area (Å²) in [6, 6.07) is 5.60. The van der Waals surface area contributed by atoms with Gasteiger partial charge in [0.25, 0.3) is 15.9 Å². The zero-order chi connectivity index (χ0) is 21.3. The Morgan fingerprint density at radius 2 is 1.87 bits per heavy atom. The van der Waals surface area contributed by atoms with Crippen LogP contribution in [0.25, 0.3) is 5.65 Å². The Bertz CT molecular complexity index is 1210. The van der Waals surface area contributed by atoms with Crippen LogP contribution < -0.4 is 10.0 Å². The summed E-state index contributed by atoms with van der Waals surface area (Å²) in [6.45, 7) is 0. The largest absolute Gasteiger partial charge is 0.349 e. The first kappa shape index (κ1) is 20.9. The Morgan fingerprint density at radius 1 is 1.10 bits per heavy atom. The van der Waals surface area contributed by atoms with Crippen molar-refractivity contribution >= 4 is 50.6 Å². The summed E-state index contributed by atoms with van der Waals surface area (Å²) in [7, 11) is -3.95. The number of halogens is 2. The lowest BCUT2D eigenvalue weighted by atomic mass is 9.95. The standard InChI is InChI=1S/C19H19Cl2N5O3S/c20-15-7-6-13(10-16(15)21)30(28,29)25-17-8-9-26-18(24-17)14(11-22-26)19(27)23-12-4-2-1-3-5-12/h6-12H,1-5H2,(H,23,27)(H,24,25). The number of aromatic nitrogens is 3. The molecule has 158 valence electrons. The predicted octanol–water partition coefficient (Wildman–Crippen LogP) is 3.90. The van der Waals surface area contributed by atoms with Crippen LogP contribution >= 0.6 is 23.2 Å². The molecule has 1 aliphatic carbocycles. The van der Waals surface area contributed by atoms with Gasteiger partial charge in [0.15, 0.2) is 5.65 Å². The molecular formula is C19H19Cl2N5O3S. The average Bonchev–Trinajstić information content (AvgIpc) is 3.14. The second-order valence-electron chi connectivity index (χ2n) is 7.13. The minimum Gasteiger partial charge on any atom is -0.349 e. The molecule has 1 amide bonds. The van der Waals surface area contributed by atoms with E-state index < -0.39 is 10.0 Å². The number of nitrogens with zero attached hydrogens (tertiary/aromatic N) is 3. The highest BCUT2D eigenvalue weighted by atomic mass is 35.5. The predicted molar refractivity (Wildman–Crippen MR) is 115 cm³/mol. The van der Waals surface area contributed by atoms with E-state index in [1.165, 1.54) is 47.6 Å². The first-order valence-electron chi connectivity index (χ1n) is 9.46. The zero-order valence-electron chi connectivity index (χ0n) is 15.8. The van der Waals surface area contributed by atoms with Crippen molar-refractivity contribution in [3.63, 3.8) is 0 Å². The number of anilines is 1. The molecule has 1 fully saturated rings. The quantitative estimate of drug-likeness (QED) is 0.591.